The fraction of sp³-hybridized carbons (Fsp3) is 1.00. The van der Waals surface area contributed by atoms with Crippen molar-refractivity contribution in [1.29, 1.82) is 0 Å². The van der Waals surface area contributed by atoms with E-state index in [1.165, 1.54) is 0 Å². The van der Waals surface area contributed by atoms with E-state index in [1.807, 2.05) is 6.55 Å². The molecule has 0 bridgehead atoms. The van der Waals surface area contributed by atoms with Crippen LogP contribution >= 0.6 is 0 Å². The van der Waals surface area contributed by atoms with E-state index in [-0.39, 0.29) is 0 Å². The molecule has 0 spiro atoms. The lowest BCUT2D eigenvalue weighted by atomic mass is 10.5. The molecule has 0 amide bonds. The van der Waals surface area contributed by atoms with E-state index >= 15 is 0 Å². The maximum absolute atomic E-state index is 5.28. The Morgan fingerprint density at radius 2 is 1.91 bits per heavy atom. The van der Waals surface area contributed by atoms with Gasteiger partial charge >= 0.3 is 8.56 Å². The topological polar surface area (TPSA) is 56.5 Å². The fourth-order valence-corrected chi connectivity index (χ4v) is 2.19. The highest BCUT2D eigenvalue weighted by Gasteiger charge is 2.27. The molecule has 5 heteroatoms. The van der Waals surface area contributed by atoms with Crippen LogP contribution in [0.5, 0.6) is 0 Å². The van der Waals surface area contributed by atoms with Crippen molar-refractivity contribution in [3.05, 3.63) is 0 Å². The van der Waals surface area contributed by atoms with Crippen molar-refractivity contribution in [3.63, 3.8) is 0 Å². The van der Waals surface area contributed by atoms with Gasteiger partial charge in [-0.25, -0.2) is 0 Å². The van der Waals surface area contributed by atoms with Gasteiger partial charge in [0.25, 0.3) is 0 Å². The summed E-state index contributed by atoms with van der Waals surface area (Å²) in [4.78, 5) is 0. The first-order valence-electron chi connectivity index (χ1n) is 3.72. The molecule has 4 nitrogen and oxygen atoms in total. The van der Waals surface area contributed by atoms with Crippen LogP contribution in [0.25, 0.3) is 0 Å². The minimum Gasteiger partial charge on any atom is -0.398 e. The van der Waals surface area contributed by atoms with Crippen molar-refractivity contribution in [1.82, 2.24) is 5.43 Å². The molecule has 0 aromatic carbocycles. The first kappa shape index (κ1) is 11.1. The summed E-state index contributed by atoms with van der Waals surface area (Å²) in [5, 5.41) is 0. The minimum atomic E-state index is -1.83. The van der Waals surface area contributed by atoms with Gasteiger partial charge in [-0.3, -0.25) is 11.3 Å². The summed E-state index contributed by atoms with van der Waals surface area (Å²) in [5.74, 6) is 5.12. The highest BCUT2D eigenvalue weighted by molar-refractivity contribution is 6.65. The SMILES string of the molecule is CO[Si](C)(CCCNN)OC. The lowest BCUT2D eigenvalue weighted by Gasteiger charge is -2.22. The number of hydrazine groups is 1. The average Bonchev–Trinajstić information content (AvgIpc) is 2.05. The Labute approximate surface area is 69.3 Å². The zero-order chi connectivity index (χ0) is 8.74. The summed E-state index contributed by atoms with van der Waals surface area (Å²) in [6.07, 6.45) is 1.00. The summed E-state index contributed by atoms with van der Waals surface area (Å²) >= 11 is 0. The molecule has 0 saturated carbocycles. The van der Waals surface area contributed by atoms with E-state index in [0.717, 1.165) is 19.0 Å². The Morgan fingerprint density at radius 3 is 2.27 bits per heavy atom. The Morgan fingerprint density at radius 1 is 1.36 bits per heavy atom. The van der Waals surface area contributed by atoms with Crippen LogP contribution in [0, 0.1) is 0 Å². The minimum absolute atomic E-state index is 0.815. The maximum atomic E-state index is 5.28. The molecule has 0 heterocycles. The first-order chi connectivity index (χ1) is 5.18. The highest BCUT2D eigenvalue weighted by atomic mass is 28.4. The Balaban J connectivity index is 3.51. The molecule has 0 aromatic rings. The van der Waals surface area contributed by atoms with E-state index in [0.29, 0.717) is 0 Å². The summed E-state index contributed by atoms with van der Waals surface area (Å²) in [7, 11) is 1.57. The van der Waals surface area contributed by atoms with Gasteiger partial charge < -0.3 is 8.85 Å². The highest BCUT2D eigenvalue weighted by Crippen LogP contribution is 2.12. The molecule has 0 aliphatic carbocycles. The van der Waals surface area contributed by atoms with Crippen LogP contribution in [0.4, 0.5) is 0 Å². The van der Waals surface area contributed by atoms with Crippen molar-refractivity contribution in [2.24, 2.45) is 5.84 Å². The van der Waals surface area contributed by atoms with Gasteiger partial charge in [-0.15, -0.1) is 0 Å². The largest absolute Gasteiger partial charge is 0.398 e. The zero-order valence-corrected chi connectivity index (χ0v) is 8.52. The van der Waals surface area contributed by atoms with Crippen molar-refractivity contribution in [2.45, 2.75) is 19.0 Å². The van der Waals surface area contributed by atoms with Crippen molar-refractivity contribution < 1.29 is 8.85 Å². The molecule has 11 heavy (non-hydrogen) atoms. The summed E-state index contributed by atoms with van der Waals surface area (Å²) in [6.45, 7) is 2.86. The van der Waals surface area contributed by atoms with Crippen LogP contribution in [-0.2, 0) is 8.85 Å². The molecular weight excluding hydrogens is 160 g/mol. The van der Waals surface area contributed by atoms with Gasteiger partial charge in [0.05, 0.1) is 0 Å². The van der Waals surface area contributed by atoms with Crippen molar-refractivity contribution in [2.75, 3.05) is 20.8 Å². The number of rotatable bonds is 6. The van der Waals surface area contributed by atoms with Crippen molar-refractivity contribution in [3.8, 4) is 0 Å². The molecule has 0 fully saturated rings. The van der Waals surface area contributed by atoms with Crippen LogP contribution in [0.1, 0.15) is 6.42 Å². The molecule has 0 rings (SSSR count). The molecule has 0 radical (unpaired) electrons. The summed E-state index contributed by atoms with van der Waals surface area (Å²) < 4.78 is 10.6. The third-order valence-corrected chi connectivity index (χ3v) is 4.80. The number of nitrogens with two attached hydrogens (primary N) is 1. The molecule has 68 valence electrons. The van der Waals surface area contributed by atoms with Crippen molar-refractivity contribution >= 4 is 8.56 Å². The molecule has 0 unspecified atom stereocenters. The van der Waals surface area contributed by atoms with E-state index in [9.17, 15) is 0 Å². The molecule has 0 aliphatic rings. The third-order valence-electron chi connectivity index (χ3n) is 1.82. The second-order valence-corrected chi connectivity index (χ2v) is 6.18. The third kappa shape index (κ3) is 4.49. The second kappa shape index (κ2) is 5.67. The van der Waals surface area contributed by atoms with E-state index < -0.39 is 8.56 Å². The zero-order valence-electron chi connectivity index (χ0n) is 7.52. The van der Waals surface area contributed by atoms with E-state index in [1.54, 1.807) is 14.2 Å². The standard InChI is InChI=1S/C6H18N2O2Si/c1-9-11(3,10-2)6-4-5-8-7/h8H,4-7H2,1-3H3. The normalized spacial score (nSPS) is 12.0. The number of hydrogen-bond donors (Lipinski definition) is 2. The predicted octanol–water partition coefficient (Wildman–Crippen LogP) is 0.205. The number of hydrogen-bond acceptors (Lipinski definition) is 4. The lowest BCUT2D eigenvalue weighted by molar-refractivity contribution is 0.248. The smallest absolute Gasteiger partial charge is 0.334 e. The lowest BCUT2D eigenvalue weighted by Crippen LogP contribution is -2.37. The molecule has 0 aliphatic heterocycles. The van der Waals surface area contributed by atoms with Gasteiger partial charge in [0, 0.05) is 20.8 Å². The summed E-state index contributed by atoms with van der Waals surface area (Å²) in [6, 6.07) is 0.976. The first-order valence-corrected chi connectivity index (χ1v) is 6.24. The quantitative estimate of drug-likeness (QED) is 0.264. The van der Waals surface area contributed by atoms with Crippen LogP contribution in [0.2, 0.25) is 12.6 Å². The average molecular weight is 178 g/mol. The summed E-state index contributed by atoms with van der Waals surface area (Å²) in [5.41, 5.74) is 2.60. The second-order valence-electron chi connectivity index (χ2n) is 2.60. The Hall–Kier alpha value is 0.0569. The van der Waals surface area contributed by atoms with E-state index in [4.69, 9.17) is 14.7 Å². The number of nitrogens with one attached hydrogen (secondary N) is 1. The van der Waals surface area contributed by atoms with Gasteiger partial charge in [-0.2, -0.15) is 0 Å². The predicted molar refractivity (Wildman–Crippen MR) is 47.3 cm³/mol. The Kier molecular flexibility index (Phi) is 5.70. The van der Waals surface area contributed by atoms with Crippen LogP contribution in [0.3, 0.4) is 0 Å². The molecule has 0 atom stereocenters. The van der Waals surface area contributed by atoms with Gasteiger partial charge in [0.2, 0.25) is 0 Å². The van der Waals surface area contributed by atoms with Gasteiger partial charge in [0.1, 0.15) is 0 Å². The molecule has 3 N–H and O–H groups in total. The van der Waals surface area contributed by atoms with Gasteiger partial charge in [-0.05, 0) is 19.0 Å². The molecule has 0 aromatic heterocycles. The Bertz CT molecular complexity index is 98.6. The van der Waals surface area contributed by atoms with E-state index in [2.05, 4.69) is 5.43 Å². The molecular formula is C6H18N2O2Si. The maximum Gasteiger partial charge on any atom is 0.334 e. The van der Waals surface area contributed by atoms with Crippen LogP contribution in [-0.4, -0.2) is 29.3 Å². The monoisotopic (exact) mass is 178 g/mol. The van der Waals surface area contributed by atoms with Gasteiger partial charge in [-0.1, -0.05) is 0 Å². The van der Waals surface area contributed by atoms with Gasteiger partial charge in [0.15, 0.2) is 0 Å². The van der Waals surface area contributed by atoms with Crippen LogP contribution in [0.15, 0.2) is 0 Å². The fourth-order valence-electron chi connectivity index (χ4n) is 0.799. The van der Waals surface area contributed by atoms with Crippen LogP contribution < -0.4 is 11.3 Å². The molecule has 0 saturated heterocycles.